The van der Waals surface area contributed by atoms with Crippen LogP contribution in [0.25, 0.3) is 0 Å². The number of alkyl halides is 2. The van der Waals surface area contributed by atoms with Crippen LogP contribution in [0.5, 0.6) is 11.5 Å². The number of aromatic nitrogens is 1. The fourth-order valence-electron chi connectivity index (χ4n) is 7.07. The second-order valence-electron chi connectivity index (χ2n) is 14.5. The fourth-order valence-corrected chi connectivity index (χ4v) is 7.59. The molecule has 1 aromatic heterocycles. The minimum atomic E-state index is -3.10. The number of pyridine rings is 1. The number of nitrogens with one attached hydrogen (secondary N) is 1. The van der Waals surface area contributed by atoms with Crippen LogP contribution in [0.2, 0.25) is 10.0 Å². The lowest BCUT2D eigenvalue weighted by molar-refractivity contribution is -0.160. The highest BCUT2D eigenvalue weighted by atomic mass is 35.5. The first kappa shape index (κ1) is 41.1. The number of carbonyl (C=O) groups is 3. The summed E-state index contributed by atoms with van der Waals surface area (Å²) in [7, 11) is 0. The Morgan fingerprint density at radius 1 is 0.897 bits per heavy atom. The van der Waals surface area contributed by atoms with Crippen molar-refractivity contribution >= 4 is 46.8 Å². The maximum atomic E-state index is 13.9. The maximum Gasteiger partial charge on any atom is 0.387 e. The Kier molecular flexibility index (Phi) is 13.2. The molecule has 0 radical (unpaired) electrons. The smallest absolute Gasteiger partial charge is 0.387 e. The predicted octanol–water partition coefficient (Wildman–Crippen LogP) is 8.39. The van der Waals surface area contributed by atoms with Gasteiger partial charge in [-0.1, -0.05) is 47.5 Å². The van der Waals surface area contributed by atoms with Gasteiger partial charge in [0, 0.05) is 31.0 Å². The van der Waals surface area contributed by atoms with Gasteiger partial charge in [0.15, 0.2) is 24.1 Å². The van der Waals surface area contributed by atoms with E-state index in [9.17, 15) is 27.6 Å². The van der Waals surface area contributed by atoms with E-state index in [1.807, 2.05) is 0 Å². The second-order valence-corrected chi connectivity index (χ2v) is 15.3. The molecule has 4 heterocycles. The van der Waals surface area contributed by atoms with E-state index in [2.05, 4.69) is 19.9 Å². The van der Waals surface area contributed by atoms with Gasteiger partial charge < -0.3 is 29.0 Å². The number of hydrogen-bond donors (Lipinski definition) is 1. The van der Waals surface area contributed by atoms with Crippen molar-refractivity contribution in [1.82, 2.24) is 9.88 Å². The maximum absolute atomic E-state index is 13.9. The number of anilines is 1. The highest BCUT2D eigenvalue weighted by molar-refractivity contribution is 6.35. The molecular weight excluding hydrogens is 802 g/mol. The Balaban J connectivity index is 1.04. The van der Waals surface area contributed by atoms with E-state index in [1.165, 1.54) is 67.0 Å². The molecule has 11 nitrogen and oxygen atoms in total. The zero-order chi connectivity index (χ0) is 40.8. The van der Waals surface area contributed by atoms with Gasteiger partial charge in [-0.05, 0) is 110 Å². The molecule has 0 spiro atoms. The molecule has 1 N–H and O–H groups in total. The van der Waals surface area contributed by atoms with Crippen LogP contribution < -0.4 is 14.8 Å². The Morgan fingerprint density at radius 3 is 2.29 bits per heavy atom. The van der Waals surface area contributed by atoms with Crippen molar-refractivity contribution < 1.29 is 51.2 Å². The summed E-state index contributed by atoms with van der Waals surface area (Å²) in [5.41, 5.74) is 1.63. The molecule has 3 aromatic carbocycles. The van der Waals surface area contributed by atoms with Crippen LogP contribution in [0.15, 0.2) is 79.1 Å². The van der Waals surface area contributed by atoms with E-state index >= 15 is 0 Å². The summed E-state index contributed by atoms with van der Waals surface area (Å²) in [6, 6.07) is 14.8. The third-order valence-electron chi connectivity index (χ3n) is 10.4. The van der Waals surface area contributed by atoms with E-state index in [1.54, 1.807) is 12.1 Å². The summed E-state index contributed by atoms with van der Waals surface area (Å²) in [4.78, 5) is 46.5. The molecule has 58 heavy (non-hydrogen) atoms. The van der Waals surface area contributed by atoms with Gasteiger partial charge in [0.1, 0.15) is 18.0 Å². The monoisotopic (exact) mass is 841 g/mol. The zero-order valence-corrected chi connectivity index (χ0v) is 32.6. The first-order valence-electron chi connectivity index (χ1n) is 18.9. The van der Waals surface area contributed by atoms with Crippen molar-refractivity contribution in [2.24, 2.45) is 11.8 Å². The van der Waals surface area contributed by atoms with Gasteiger partial charge in [-0.15, -0.1) is 0 Å². The van der Waals surface area contributed by atoms with Crippen molar-refractivity contribution in [3.63, 3.8) is 0 Å². The third-order valence-corrected chi connectivity index (χ3v) is 11.0. The first-order valence-corrected chi connectivity index (χ1v) is 19.7. The molecular formula is C42H40Cl2F3N3O8. The minimum Gasteiger partial charge on any atom is -0.489 e. The first-order chi connectivity index (χ1) is 28.0. The molecule has 1 saturated carbocycles. The quantitative estimate of drug-likeness (QED) is 0.0814. The molecule has 16 heteroatoms. The number of rotatable bonds is 17. The lowest BCUT2D eigenvalue weighted by Crippen LogP contribution is -2.52. The highest BCUT2D eigenvalue weighted by Crippen LogP contribution is 2.38. The highest BCUT2D eigenvalue weighted by Gasteiger charge is 2.38. The standard InChI is InChI=1S/C42H40Cl2F3N3O8/c43-32-19-48-20-33(44)31(32)18-35(27-8-11-34(58-42(46)47)36(17-27)54-22-24-4-5-24)56-38(51)23-55-40(52)28-2-1-3-30(16-28)49-39(26-6-9-29(45)10-7-26)41(53)57-37-21-50-14-12-25(37)13-15-50/h1-3,6-11,16-17,19-20,24-25,35,37,39,42,49H,4-5,12-15,18,21-23H2/t35?,37-,39?/m0/s1. The van der Waals surface area contributed by atoms with Gasteiger partial charge in [-0.3, -0.25) is 9.88 Å². The number of carbonyl (C=O) groups excluding carboxylic acids is 3. The summed E-state index contributed by atoms with van der Waals surface area (Å²) in [6.07, 6.45) is 5.13. The number of ether oxygens (including phenoxy) is 5. The van der Waals surface area contributed by atoms with Crippen LogP contribution in [0.4, 0.5) is 18.9 Å². The summed E-state index contributed by atoms with van der Waals surface area (Å²) < 4.78 is 68.0. The Labute approximate surface area is 342 Å². The molecule has 2 unspecified atom stereocenters. The SMILES string of the molecule is O=C(COC(=O)c1cccc(NC(C(=O)O[C@H]2CN3CCC2CC3)c2ccc(F)cc2)c1)OC(Cc1c(Cl)cncc1Cl)c1ccc(OC(F)F)c(OCC2CC2)c1. The summed E-state index contributed by atoms with van der Waals surface area (Å²) in [5.74, 6) is -2.40. The molecule has 3 atom stereocenters. The van der Waals surface area contributed by atoms with Crippen molar-refractivity contribution in [3.8, 4) is 11.5 Å². The molecule has 4 fully saturated rings. The van der Waals surface area contributed by atoms with Crippen LogP contribution in [-0.2, 0) is 30.2 Å². The van der Waals surface area contributed by atoms with E-state index in [4.69, 9.17) is 42.1 Å². The van der Waals surface area contributed by atoms with Crippen LogP contribution >= 0.6 is 23.2 Å². The van der Waals surface area contributed by atoms with Gasteiger partial charge >= 0.3 is 24.5 Å². The molecule has 3 saturated heterocycles. The zero-order valence-electron chi connectivity index (χ0n) is 31.1. The molecule has 2 bridgehead atoms. The average Bonchev–Trinajstić information content (AvgIpc) is 4.05. The number of esters is 3. The topological polar surface area (TPSA) is 126 Å². The number of fused-ring (bicyclic) bond motifs is 3. The summed E-state index contributed by atoms with van der Waals surface area (Å²) in [5, 5.41) is 3.52. The van der Waals surface area contributed by atoms with Crippen LogP contribution in [-0.4, -0.2) is 73.4 Å². The summed E-state index contributed by atoms with van der Waals surface area (Å²) >= 11 is 12.8. The summed E-state index contributed by atoms with van der Waals surface area (Å²) in [6.45, 7) is -1.01. The normalized spacial score (nSPS) is 19.5. The molecule has 3 aliphatic heterocycles. The lowest BCUT2D eigenvalue weighted by atomic mass is 9.86. The Hall–Kier alpha value is -5.05. The fraction of sp³-hybridized carbons (Fsp3) is 0.381. The van der Waals surface area contributed by atoms with Gasteiger partial charge in [0.25, 0.3) is 0 Å². The predicted molar refractivity (Wildman–Crippen MR) is 207 cm³/mol. The van der Waals surface area contributed by atoms with E-state index in [0.717, 1.165) is 38.8 Å². The van der Waals surface area contributed by atoms with Crippen molar-refractivity contribution in [2.75, 3.05) is 38.2 Å². The number of benzene rings is 3. The van der Waals surface area contributed by atoms with Crippen molar-refractivity contribution in [3.05, 3.63) is 117 Å². The number of nitrogens with zero attached hydrogens (tertiary/aromatic N) is 2. The van der Waals surface area contributed by atoms with Gasteiger partial charge in [-0.25, -0.2) is 18.8 Å². The molecule has 4 aromatic rings. The lowest BCUT2D eigenvalue weighted by Gasteiger charge is -2.44. The Morgan fingerprint density at radius 2 is 1.62 bits per heavy atom. The van der Waals surface area contributed by atoms with Gasteiger partial charge in [-0.2, -0.15) is 8.78 Å². The van der Waals surface area contributed by atoms with Gasteiger partial charge in [0.2, 0.25) is 0 Å². The van der Waals surface area contributed by atoms with Crippen molar-refractivity contribution in [1.29, 1.82) is 0 Å². The van der Waals surface area contributed by atoms with Crippen LogP contribution in [0, 0.1) is 17.7 Å². The average molecular weight is 843 g/mol. The van der Waals surface area contributed by atoms with E-state index in [-0.39, 0.29) is 45.6 Å². The van der Waals surface area contributed by atoms with Crippen LogP contribution in [0.1, 0.15) is 64.9 Å². The van der Waals surface area contributed by atoms with E-state index < -0.39 is 49.1 Å². The minimum absolute atomic E-state index is 0.0338. The van der Waals surface area contributed by atoms with Gasteiger partial charge in [0.05, 0.1) is 22.2 Å². The third kappa shape index (κ3) is 10.7. The molecule has 1 aliphatic carbocycles. The number of piperidine rings is 3. The molecule has 8 rings (SSSR count). The molecule has 306 valence electrons. The number of halogens is 5. The Bertz CT molecular complexity index is 2080. The number of hydrogen-bond acceptors (Lipinski definition) is 11. The molecule has 0 amide bonds. The van der Waals surface area contributed by atoms with Crippen LogP contribution in [0.3, 0.4) is 0 Å². The van der Waals surface area contributed by atoms with E-state index in [0.29, 0.717) is 41.4 Å². The van der Waals surface area contributed by atoms with Crippen molar-refractivity contribution in [2.45, 2.75) is 57.0 Å². The molecule has 4 aliphatic rings. The second kappa shape index (κ2) is 18.7. The largest absolute Gasteiger partial charge is 0.489 e.